The molecule has 0 aliphatic carbocycles. The first-order valence-electron chi connectivity index (χ1n) is 11.7. The van der Waals surface area contributed by atoms with Crippen LogP contribution < -0.4 is 16.4 Å². The van der Waals surface area contributed by atoms with Gasteiger partial charge in [0.15, 0.2) is 0 Å². The number of carbonyl (C=O) groups is 3. The Labute approximate surface area is 220 Å². The fourth-order valence-electron chi connectivity index (χ4n) is 4.31. The van der Waals surface area contributed by atoms with Crippen molar-refractivity contribution in [1.29, 1.82) is 0 Å². The van der Waals surface area contributed by atoms with Gasteiger partial charge in [-0.15, -0.1) is 0 Å². The van der Waals surface area contributed by atoms with Crippen LogP contribution in [0.2, 0.25) is 0 Å². The molecule has 1 fully saturated rings. The molecule has 3 amide bonds. The molecular formula is C26H24BrN7O3. The van der Waals surface area contributed by atoms with Gasteiger partial charge in [-0.3, -0.25) is 19.7 Å². The molecule has 1 aliphatic heterocycles. The van der Waals surface area contributed by atoms with Gasteiger partial charge in [0.1, 0.15) is 11.3 Å². The number of aromatic nitrogens is 3. The topological polar surface area (TPSA) is 146 Å². The van der Waals surface area contributed by atoms with Crippen molar-refractivity contribution in [3.8, 4) is 0 Å². The van der Waals surface area contributed by atoms with Crippen LogP contribution in [0.25, 0.3) is 11.0 Å². The van der Waals surface area contributed by atoms with Gasteiger partial charge in [-0.2, -0.15) is 0 Å². The van der Waals surface area contributed by atoms with Crippen molar-refractivity contribution < 1.29 is 14.4 Å². The van der Waals surface area contributed by atoms with Crippen molar-refractivity contribution in [3.05, 3.63) is 82.0 Å². The number of halogens is 1. The molecule has 10 nitrogen and oxygen atoms in total. The average Bonchev–Trinajstić information content (AvgIpc) is 3.32. The van der Waals surface area contributed by atoms with E-state index in [9.17, 15) is 14.4 Å². The second-order valence-electron chi connectivity index (χ2n) is 8.76. The van der Waals surface area contributed by atoms with Crippen LogP contribution in [0.1, 0.15) is 43.9 Å². The zero-order valence-electron chi connectivity index (χ0n) is 19.7. The van der Waals surface area contributed by atoms with E-state index in [1.807, 2.05) is 17.0 Å². The molecule has 0 radical (unpaired) electrons. The van der Waals surface area contributed by atoms with Crippen molar-refractivity contribution in [2.24, 2.45) is 5.73 Å². The minimum absolute atomic E-state index is 0.0663. The number of nitrogens with one attached hydrogen (secondary N) is 3. The second-order valence-corrected chi connectivity index (χ2v) is 9.67. The van der Waals surface area contributed by atoms with Crippen LogP contribution in [0, 0.1) is 0 Å². The van der Waals surface area contributed by atoms with Crippen LogP contribution in [0.5, 0.6) is 0 Å². The molecule has 5 N–H and O–H groups in total. The van der Waals surface area contributed by atoms with Crippen molar-refractivity contribution in [3.63, 3.8) is 0 Å². The summed E-state index contributed by atoms with van der Waals surface area (Å²) >= 11 is 3.38. The number of carbonyl (C=O) groups excluding carboxylic acids is 3. The number of primary amides is 1. The van der Waals surface area contributed by atoms with Crippen molar-refractivity contribution in [1.82, 2.24) is 19.9 Å². The maximum absolute atomic E-state index is 13.0. The number of piperidine rings is 1. The molecule has 1 saturated heterocycles. The Hall–Kier alpha value is -4.25. The Bertz CT molecular complexity index is 1460. The lowest BCUT2D eigenvalue weighted by molar-refractivity contribution is 0.0718. The van der Waals surface area contributed by atoms with Crippen LogP contribution in [0.3, 0.4) is 0 Å². The summed E-state index contributed by atoms with van der Waals surface area (Å²) in [6.45, 7) is 1.27. The lowest BCUT2D eigenvalue weighted by Crippen LogP contribution is -2.42. The first-order valence-corrected chi connectivity index (χ1v) is 12.5. The van der Waals surface area contributed by atoms with Crippen molar-refractivity contribution >= 4 is 56.5 Å². The van der Waals surface area contributed by atoms with E-state index in [1.54, 1.807) is 48.7 Å². The third-order valence-electron chi connectivity index (χ3n) is 6.27. The van der Waals surface area contributed by atoms with Gasteiger partial charge >= 0.3 is 0 Å². The maximum atomic E-state index is 13.0. The SMILES string of the molecule is NC(=O)c1cccc2[nH]c(NC(=O)c3ccc(C(=O)N4CCC(Nc5ccc(Br)cn5)CC4)cc3)nc12. The van der Waals surface area contributed by atoms with E-state index in [0.717, 1.165) is 23.1 Å². The van der Waals surface area contributed by atoms with Gasteiger partial charge in [0.2, 0.25) is 5.95 Å². The number of anilines is 2. The molecule has 11 heteroatoms. The van der Waals surface area contributed by atoms with E-state index in [1.165, 1.54) is 0 Å². The summed E-state index contributed by atoms with van der Waals surface area (Å²) in [6, 6.07) is 15.6. The Morgan fingerprint density at radius 3 is 2.41 bits per heavy atom. The summed E-state index contributed by atoms with van der Waals surface area (Å²) in [5.41, 5.74) is 7.53. The zero-order chi connectivity index (χ0) is 25.9. The van der Waals surface area contributed by atoms with Crippen LogP contribution in [-0.2, 0) is 0 Å². The standard InChI is InChI=1S/C26H24BrN7O3/c27-17-8-9-21(29-14-17)30-18-10-12-34(13-11-18)25(37)16-6-4-15(5-7-16)24(36)33-26-31-20-3-1-2-19(23(28)35)22(20)32-26/h1-9,14,18H,10-13H2,(H2,28,35)(H,29,30)(H2,31,32,33,36). The fourth-order valence-corrected chi connectivity index (χ4v) is 4.55. The second kappa shape index (κ2) is 10.4. The van der Waals surface area contributed by atoms with E-state index in [4.69, 9.17) is 5.73 Å². The molecule has 2 aromatic heterocycles. The zero-order valence-corrected chi connectivity index (χ0v) is 21.3. The molecule has 37 heavy (non-hydrogen) atoms. The predicted molar refractivity (Wildman–Crippen MR) is 143 cm³/mol. The summed E-state index contributed by atoms with van der Waals surface area (Å²) < 4.78 is 0.926. The number of nitrogens with two attached hydrogens (primary N) is 1. The summed E-state index contributed by atoms with van der Waals surface area (Å²) in [5, 5.41) is 6.11. The summed E-state index contributed by atoms with van der Waals surface area (Å²) in [6.07, 6.45) is 3.39. The van der Waals surface area contributed by atoms with E-state index >= 15 is 0 Å². The number of benzene rings is 2. The predicted octanol–water partition coefficient (Wildman–Crippen LogP) is 3.79. The number of rotatable bonds is 6. The lowest BCUT2D eigenvalue weighted by atomic mass is 10.0. The molecular weight excluding hydrogens is 538 g/mol. The van der Waals surface area contributed by atoms with Crippen molar-refractivity contribution in [2.75, 3.05) is 23.7 Å². The Morgan fingerprint density at radius 1 is 1.00 bits per heavy atom. The van der Waals surface area contributed by atoms with E-state index in [-0.39, 0.29) is 23.5 Å². The number of para-hydroxylation sites is 1. The highest BCUT2D eigenvalue weighted by atomic mass is 79.9. The van der Waals surface area contributed by atoms with E-state index < -0.39 is 11.8 Å². The Morgan fingerprint density at radius 2 is 1.73 bits per heavy atom. The number of hydrogen-bond acceptors (Lipinski definition) is 6. The first kappa shape index (κ1) is 24.4. The highest BCUT2D eigenvalue weighted by Gasteiger charge is 2.24. The molecule has 4 aromatic rings. The van der Waals surface area contributed by atoms with Gasteiger partial charge in [0.25, 0.3) is 17.7 Å². The monoisotopic (exact) mass is 561 g/mol. The van der Waals surface area contributed by atoms with Gasteiger partial charge in [-0.05, 0) is 77.3 Å². The van der Waals surface area contributed by atoms with Gasteiger partial charge in [0, 0.05) is 40.9 Å². The minimum atomic E-state index is -0.600. The molecule has 0 bridgehead atoms. The number of pyridine rings is 1. The molecule has 0 spiro atoms. The third-order valence-corrected chi connectivity index (χ3v) is 6.73. The number of likely N-dealkylation sites (tertiary alicyclic amines) is 1. The number of imidazole rings is 1. The van der Waals surface area contributed by atoms with Gasteiger partial charge in [-0.1, -0.05) is 6.07 Å². The Balaban J connectivity index is 1.18. The quantitative estimate of drug-likeness (QED) is 0.281. The normalized spacial score (nSPS) is 13.9. The molecule has 0 saturated carbocycles. The fraction of sp³-hybridized carbons (Fsp3) is 0.192. The van der Waals surface area contributed by atoms with Gasteiger partial charge in [0.05, 0.1) is 11.1 Å². The number of H-pyrrole nitrogens is 1. The van der Waals surface area contributed by atoms with E-state index in [0.29, 0.717) is 35.2 Å². The smallest absolute Gasteiger partial charge is 0.257 e. The maximum Gasteiger partial charge on any atom is 0.257 e. The van der Waals surface area contributed by atoms with Gasteiger partial charge in [-0.25, -0.2) is 9.97 Å². The number of fused-ring (bicyclic) bond motifs is 1. The number of hydrogen-bond donors (Lipinski definition) is 4. The van der Waals surface area contributed by atoms with Crippen LogP contribution in [0.15, 0.2) is 65.3 Å². The molecule has 0 atom stereocenters. The highest BCUT2D eigenvalue weighted by molar-refractivity contribution is 9.10. The lowest BCUT2D eigenvalue weighted by Gasteiger charge is -2.32. The van der Waals surface area contributed by atoms with Crippen molar-refractivity contribution in [2.45, 2.75) is 18.9 Å². The summed E-state index contributed by atoms with van der Waals surface area (Å²) in [4.78, 5) is 50.8. The first-order chi connectivity index (χ1) is 17.9. The molecule has 3 heterocycles. The molecule has 5 rings (SSSR count). The summed E-state index contributed by atoms with van der Waals surface area (Å²) in [5.74, 6) is -0.0469. The average molecular weight is 562 g/mol. The molecule has 1 aliphatic rings. The Kier molecular flexibility index (Phi) is 6.87. The summed E-state index contributed by atoms with van der Waals surface area (Å²) in [7, 11) is 0. The van der Waals surface area contributed by atoms with Gasteiger partial charge < -0.3 is 20.9 Å². The minimum Gasteiger partial charge on any atom is -0.367 e. The molecule has 0 unspecified atom stereocenters. The van der Waals surface area contributed by atoms with E-state index in [2.05, 4.69) is 41.5 Å². The highest BCUT2D eigenvalue weighted by Crippen LogP contribution is 2.21. The number of amides is 3. The largest absolute Gasteiger partial charge is 0.367 e. The van der Waals surface area contributed by atoms with Crippen LogP contribution >= 0.6 is 15.9 Å². The molecule has 188 valence electrons. The third kappa shape index (κ3) is 5.46. The van der Waals surface area contributed by atoms with Crippen LogP contribution in [-0.4, -0.2) is 56.7 Å². The molecule has 2 aromatic carbocycles. The van der Waals surface area contributed by atoms with Crippen LogP contribution in [0.4, 0.5) is 11.8 Å². The number of aromatic amines is 1. The number of nitrogens with zero attached hydrogens (tertiary/aromatic N) is 3.